The van der Waals surface area contributed by atoms with Crippen LogP contribution >= 0.6 is 0 Å². The molecule has 3 rings (SSSR count). The molecule has 0 radical (unpaired) electrons. The average Bonchev–Trinajstić information content (AvgIpc) is 2.84. The second-order valence-corrected chi connectivity index (χ2v) is 4.92. The Balaban J connectivity index is 1.88. The summed E-state index contributed by atoms with van der Waals surface area (Å²) in [5.41, 5.74) is 2.80. The predicted octanol–water partition coefficient (Wildman–Crippen LogP) is 3.09. The summed E-state index contributed by atoms with van der Waals surface area (Å²) in [4.78, 5) is 12.9. The molecule has 2 aromatic carbocycles. The van der Waals surface area contributed by atoms with Gasteiger partial charge in [0.05, 0.1) is 11.3 Å². The molecule has 2 aromatic rings. The van der Waals surface area contributed by atoms with Crippen LogP contribution in [-0.2, 0) is 13.0 Å². The Kier molecular flexibility index (Phi) is 3.14. The summed E-state index contributed by atoms with van der Waals surface area (Å²) in [5.74, 6) is -1.16. The monoisotopic (exact) mass is 271 g/mol. The first-order valence-electron chi connectivity index (χ1n) is 6.50. The maximum absolute atomic E-state index is 13.9. The van der Waals surface area contributed by atoms with Crippen LogP contribution in [0.2, 0.25) is 0 Å². The number of hydrogen-bond donors (Lipinski definition) is 1. The lowest BCUT2D eigenvalue weighted by Crippen LogP contribution is -2.20. The summed E-state index contributed by atoms with van der Waals surface area (Å²) in [6.45, 7) is 1.28. The lowest BCUT2D eigenvalue weighted by molar-refractivity contribution is 0.0696. The van der Waals surface area contributed by atoms with Crippen molar-refractivity contribution in [1.29, 1.82) is 0 Å². The number of nitrogens with zero attached hydrogens (tertiary/aromatic N) is 1. The second kappa shape index (κ2) is 4.96. The van der Waals surface area contributed by atoms with Crippen molar-refractivity contribution in [2.45, 2.75) is 13.0 Å². The summed E-state index contributed by atoms with van der Waals surface area (Å²) in [6, 6.07) is 11.9. The highest BCUT2D eigenvalue weighted by Crippen LogP contribution is 2.31. The highest BCUT2D eigenvalue weighted by molar-refractivity contribution is 5.87. The Hall–Kier alpha value is -2.36. The first-order valence-corrected chi connectivity index (χ1v) is 6.50. The molecule has 0 fully saturated rings. The number of fused-ring (bicyclic) bond motifs is 1. The molecular weight excluding hydrogens is 257 g/mol. The first kappa shape index (κ1) is 12.7. The Labute approximate surface area is 116 Å². The molecule has 1 N–H and O–H groups in total. The van der Waals surface area contributed by atoms with Gasteiger partial charge in [0.25, 0.3) is 0 Å². The van der Waals surface area contributed by atoms with Crippen LogP contribution in [0.15, 0.2) is 42.5 Å². The fourth-order valence-corrected chi connectivity index (χ4v) is 2.66. The summed E-state index contributed by atoms with van der Waals surface area (Å²) in [7, 11) is 0. The Morgan fingerprint density at radius 1 is 1.25 bits per heavy atom. The molecule has 0 unspecified atom stereocenters. The second-order valence-electron chi connectivity index (χ2n) is 4.92. The van der Waals surface area contributed by atoms with Gasteiger partial charge in [0, 0.05) is 13.1 Å². The average molecular weight is 271 g/mol. The van der Waals surface area contributed by atoms with E-state index in [1.165, 1.54) is 6.07 Å². The van der Waals surface area contributed by atoms with E-state index in [-0.39, 0.29) is 11.4 Å². The number of benzene rings is 2. The minimum atomic E-state index is -0.945. The molecule has 0 amide bonds. The third kappa shape index (κ3) is 2.25. The van der Waals surface area contributed by atoms with Gasteiger partial charge in [0.1, 0.15) is 5.82 Å². The Morgan fingerprint density at radius 2 is 2.05 bits per heavy atom. The fraction of sp³-hybridized carbons (Fsp3) is 0.188. The van der Waals surface area contributed by atoms with Crippen molar-refractivity contribution < 1.29 is 14.3 Å². The zero-order valence-electron chi connectivity index (χ0n) is 10.8. The van der Waals surface area contributed by atoms with E-state index in [0.29, 0.717) is 12.2 Å². The number of carboxylic acid groups (broad SMARTS) is 1. The molecule has 0 bridgehead atoms. The molecule has 0 saturated carbocycles. The molecule has 0 aromatic heterocycles. The van der Waals surface area contributed by atoms with Crippen LogP contribution in [-0.4, -0.2) is 17.6 Å². The SMILES string of the molecule is O=C(O)c1cccc(CN2CCc3cccc(F)c32)c1. The van der Waals surface area contributed by atoms with Crippen LogP contribution in [0, 0.1) is 5.82 Å². The molecule has 1 heterocycles. The molecular formula is C16H14FNO2. The number of carboxylic acids is 1. The maximum atomic E-state index is 13.9. The Morgan fingerprint density at radius 3 is 2.85 bits per heavy atom. The summed E-state index contributed by atoms with van der Waals surface area (Å²) in [5, 5.41) is 9.00. The molecule has 1 aliphatic heterocycles. The smallest absolute Gasteiger partial charge is 0.335 e. The van der Waals surface area contributed by atoms with Crippen molar-refractivity contribution in [2.75, 3.05) is 11.4 Å². The number of anilines is 1. The van der Waals surface area contributed by atoms with Gasteiger partial charge in [0.2, 0.25) is 0 Å². The zero-order valence-corrected chi connectivity index (χ0v) is 10.8. The van der Waals surface area contributed by atoms with Crippen LogP contribution in [0.5, 0.6) is 0 Å². The van der Waals surface area contributed by atoms with E-state index >= 15 is 0 Å². The summed E-state index contributed by atoms with van der Waals surface area (Å²) >= 11 is 0. The van der Waals surface area contributed by atoms with Crippen molar-refractivity contribution in [1.82, 2.24) is 0 Å². The van der Waals surface area contributed by atoms with E-state index in [1.54, 1.807) is 24.3 Å². The number of halogens is 1. The molecule has 0 spiro atoms. The zero-order chi connectivity index (χ0) is 14.1. The standard InChI is InChI=1S/C16H14FNO2/c17-14-6-2-4-12-7-8-18(15(12)14)10-11-3-1-5-13(9-11)16(19)20/h1-6,9H,7-8,10H2,(H,19,20). The van der Waals surface area contributed by atoms with Gasteiger partial charge in [-0.15, -0.1) is 0 Å². The normalized spacial score (nSPS) is 13.3. The van der Waals surface area contributed by atoms with Gasteiger partial charge in [-0.3, -0.25) is 0 Å². The lowest BCUT2D eigenvalue weighted by Gasteiger charge is -2.20. The van der Waals surface area contributed by atoms with Gasteiger partial charge >= 0.3 is 5.97 Å². The summed E-state index contributed by atoms with van der Waals surface area (Å²) in [6.07, 6.45) is 0.825. The highest BCUT2D eigenvalue weighted by atomic mass is 19.1. The van der Waals surface area contributed by atoms with Gasteiger partial charge < -0.3 is 10.0 Å². The van der Waals surface area contributed by atoms with E-state index in [9.17, 15) is 9.18 Å². The molecule has 0 atom stereocenters. The van der Waals surface area contributed by atoms with Crippen LogP contribution in [0.4, 0.5) is 10.1 Å². The van der Waals surface area contributed by atoms with Crippen LogP contribution in [0.1, 0.15) is 21.5 Å². The first-order chi connectivity index (χ1) is 9.65. The number of para-hydroxylation sites is 1. The van der Waals surface area contributed by atoms with E-state index in [4.69, 9.17) is 5.11 Å². The molecule has 20 heavy (non-hydrogen) atoms. The molecule has 4 heteroatoms. The molecule has 0 saturated heterocycles. The van der Waals surface area contributed by atoms with Gasteiger partial charge in [0.15, 0.2) is 0 Å². The summed E-state index contributed by atoms with van der Waals surface area (Å²) < 4.78 is 13.9. The fourth-order valence-electron chi connectivity index (χ4n) is 2.66. The van der Waals surface area contributed by atoms with Crippen LogP contribution in [0.3, 0.4) is 0 Å². The molecule has 102 valence electrons. The van der Waals surface area contributed by atoms with Crippen molar-refractivity contribution in [3.05, 3.63) is 65.0 Å². The molecule has 3 nitrogen and oxygen atoms in total. The number of aromatic carboxylic acids is 1. The van der Waals surface area contributed by atoms with Crippen LogP contribution in [0.25, 0.3) is 0 Å². The van der Waals surface area contributed by atoms with Crippen molar-refractivity contribution >= 4 is 11.7 Å². The Bertz CT molecular complexity index is 669. The topological polar surface area (TPSA) is 40.5 Å². The minimum Gasteiger partial charge on any atom is -0.478 e. The van der Waals surface area contributed by atoms with Gasteiger partial charge in [-0.1, -0.05) is 24.3 Å². The molecule has 0 aliphatic carbocycles. The number of carbonyl (C=O) groups is 1. The molecule has 1 aliphatic rings. The van der Waals surface area contributed by atoms with Crippen LogP contribution < -0.4 is 4.90 Å². The van der Waals surface area contributed by atoms with Crippen molar-refractivity contribution in [3.63, 3.8) is 0 Å². The number of hydrogen-bond acceptors (Lipinski definition) is 2. The van der Waals surface area contributed by atoms with E-state index in [1.807, 2.05) is 17.0 Å². The van der Waals surface area contributed by atoms with Gasteiger partial charge in [-0.05, 0) is 35.7 Å². The third-order valence-corrected chi connectivity index (χ3v) is 3.59. The minimum absolute atomic E-state index is 0.214. The third-order valence-electron chi connectivity index (χ3n) is 3.59. The largest absolute Gasteiger partial charge is 0.478 e. The highest BCUT2D eigenvalue weighted by Gasteiger charge is 2.22. The van der Waals surface area contributed by atoms with E-state index < -0.39 is 5.97 Å². The quantitative estimate of drug-likeness (QED) is 0.932. The van der Waals surface area contributed by atoms with Crippen molar-refractivity contribution in [2.24, 2.45) is 0 Å². The van der Waals surface area contributed by atoms with E-state index in [0.717, 1.165) is 24.1 Å². The maximum Gasteiger partial charge on any atom is 0.335 e. The van der Waals surface area contributed by atoms with Gasteiger partial charge in [-0.2, -0.15) is 0 Å². The lowest BCUT2D eigenvalue weighted by atomic mass is 10.1. The van der Waals surface area contributed by atoms with Crippen molar-refractivity contribution in [3.8, 4) is 0 Å². The van der Waals surface area contributed by atoms with Gasteiger partial charge in [-0.25, -0.2) is 9.18 Å². The van der Waals surface area contributed by atoms with E-state index in [2.05, 4.69) is 0 Å². The predicted molar refractivity (Wildman–Crippen MR) is 74.6 cm³/mol. The number of rotatable bonds is 3.